The van der Waals surface area contributed by atoms with Crippen molar-refractivity contribution in [3.05, 3.63) is 45.2 Å². The summed E-state index contributed by atoms with van der Waals surface area (Å²) in [6, 6.07) is 11.9. The molecule has 3 saturated carbocycles. The molecule has 0 amide bonds. The molecule has 8 unspecified atom stereocenters. The van der Waals surface area contributed by atoms with Gasteiger partial charge in [-0.15, -0.1) is 0 Å². The molecule has 0 aromatic heterocycles. The molecule has 0 nitrogen and oxygen atoms in total. The summed E-state index contributed by atoms with van der Waals surface area (Å²) in [5.41, 5.74) is 1.99. The monoisotopic (exact) mass is 558 g/mol. The minimum atomic E-state index is -1.58. The maximum atomic E-state index is 4.93. The van der Waals surface area contributed by atoms with Gasteiger partial charge in [0.25, 0.3) is 0 Å². The molecule has 4 heteroatoms. The molecule has 1 aromatic rings. The van der Waals surface area contributed by atoms with Crippen molar-refractivity contribution in [2.75, 3.05) is 0 Å². The molecular formula is C27H46Cl2SiZr. The maximum absolute atomic E-state index is 4.93. The first kappa shape index (κ1) is 29.9. The molecule has 31 heavy (non-hydrogen) atoms. The average molecular weight is 561 g/mol. The van der Waals surface area contributed by atoms with E-state index < -0.39 is 28.9 Å². The molecule has 0 N–H and O–H groups in total. The summed E-state index contributed by atoms with van der Waals surface area (Å²) < 4.78 is 0. The molecule has 0 bridgehead atoms. The van der Waals surface area contributed by atoms with Gasteiger partial charge in [-0.25, -0.2) is 0 Å². The number of halogens is 2. The van der Waals surface area contributed by atoms with Gasteiger partial charge in [0.2, 0.25) is 0 Å². The van der Waals surface area contributed by atoms with Crippen molar-refractivity contribution in [3.63, 3.8) is 0 Å². The van der Waals surface area contributed by atoms with E-state index in [0.29, 0.717) is 0 Å². The van der Waals surface area contributed by atoms with Crippen molar-refractivity contribution in [1.29, 1.82) is 0 Å². The molecule has 0 saturated heterocycles. The molecule has 4 rings (SSSR count). The van der Waals surface area contributed by atoms with E-state index >= 15 is 0 Å². The van der Waals surface area contributed by atoms with Crippen molar-refractivity contribution < 1.29 is 20.8 Å². The van der Waals surface area contributed by atoms with Gasteiger partial charge in [0.15, 0.2) is 0 Å². The minimum absolute atomic E-state index is 0. The zero-order valence-electron chi connectivity index (χ0n) is 21.0. The number of hydrogen-bond acceptors (Lipinski definition) is 0. The van der Waals surface area contributed by atoms with Crippen molar-refractivity contribution in [2.45, 2.75) is 83.8 Å². The Bertz CT molecular complexity index is 627. The standard InChI is InChI=1S/C25H40Si.2CH3.2ClH.Zr/c1-17-18(2)20(4)25(19(17)3)26(5,22-12-7-6-8-13-22)24-16-15-21-11-9-10-14-23(21)24;;;;;/h6-8,12-13,17-21,23-25H,9-11,14-16H2,1-5H3;2*1H3;2*1H;/q;2*-1;;;+4/p-2. The summed E-state index contributed by atoms with van der Waals surface area (Å²) in [4.78, 5) is 0. The summed E-state index contributed by atoms with van der Waals surface area (Å²) >= 11 is -0.826. The fraction of sp³-hybridized carbons (Fsp3) is 0.704. The topological polar surface area (TPSA) is 0 Å². The second-order valence-corrected chi connectivity index (χ2v) is 18.9. The third-order valence-electron chi connectivity index (χ3n) is 9.81. The van der Waals surface area contributed by atoms with E-state index in [4.69, 9.17) is 17.0 Å². The quantitative estimate of drug-likeness (QED) is 0.255. The Labute approximate surface area is 214 Å². The Morgan fingerprint density at radius 1 is 0.774 bits per heavy atom. The summed E-state index contributed by atoms with van der Waals surface area (Å²) in [6.07, 6.45) is 9.13. The van der Waals surface area contributed by atoms with Gasteiger partial charge in [-0.05, 0) is 46.6 Å². The van der Waals surface area contributed by atoms with Gasteiger partial charge >= 0.3 is 37.9 Å². The SMILES string of the molecule is CC1C(C)C(C)C([Si](C)(c2ccccc2)C2CCC3CCCCC32)C1C.[CH3-].[CH3-].[Cl][Zr+2][Cl]. The first-order valence-electron chi connectivity index (χ1n) is 11.9. The second kappa shape index (κ2) is 13.1. The summed E-state index contributed by atoms with van der Waals surface area (Å²) in [7, 11) is 8.29. The first-order valence-corrected chi connectivity index (χ1v) is 20.9. The number of rotatable bonds is 3. The van der Waals surface area contributed by atoms with Crippen LogP contribution in [0.1, 0.15) is 66.2 Å². The Balaban J connectivity index is 0.000000910. The second-order valence-electron chi connectivity index (χ2n) is 10.6. The van der Waals surface area contributed by atoms with Gasteiger partial charge in [-0.3, -0.25) is 0 Å². The van der Waals surface area contributed by atoms with E-state index in [-0.39, 0.29) is 14.9 Å². The predicted molar refractivity (Wildman–Crippen MR) is 141 cm³/mol. The van der Waals surface area contributed by atoms with E-state index in [2.05, 4.69) is 64.6 Å². The van der Waals surface area contributed by atoms with Crippen molar-refractivity contribution in [1.82, 2.24) is 0 Å². The summed E-state index contributed by atoms with van der Waals surface area (Å²) in [5.74, 6) is 5.65. The summed E-state index contributed by atoms with van der Waals surface area (Å²) in [6.45, 7) is 13.1. The van der Waals surface area contributed by atoms with Gasteiger partial charge in [0.1, 0.15) is 0 Å². The fourth-order valence-corrected chi connectivity index (χ4v) is 15.2. The normalized spacial score (nSPS) is 38.3. The van der Waals surface area contributed by atoms with Gasteiger partial charge < -0.3 is 14.9 Å². The van der Waals surface area contributed by atoms with E-state index in [1.807, 2.05) is 0 Å². The molecule has 176 valence electrons. The van der Waals surface area contributed by atoms with Crippen LogP contribution in [0.2, 0.25) is 17.6 Å². The van der Waals surface area contributed by atoms with Crippen LogP contribution in [-0.4, -0.2) is 8.07 Å². The fourth-order valence-electron chi connectivity index (χ4n) is 8.11. The molecule has 8 atom stereocenters. The van der Waals surface area contributed by atoms with E-state index in [1.54, 1.807) is 5.19 Å². The van der Waals surface area contributed by atoms with Crippen LogP contribution in [0.3, 0.4) is 0 Å². The molecule has 3 aliphatic carbocycles. The van der Waals surface area contributed by atoms with Gasteiger partial charge in [0.05, 0.1) is 8.07 Å². The van der Waals surface area contributed by atoms with Crippen LogP contribution in [0.4, 0.5) is 0 Å². The Morgan fingerprint density at radius 3 is 1.84 bits per heavy atom. The Morgan fingerprint density at radius 2 is 1.29 bits per heavy atom. The first-order chi connectivity index (χ1) is 13.9. The van der Waals surface area contributed by atoms with Crippen LogP contribution in [0, 0.1) is 50.4 Å². The molecule has 3 aliphatic rings. The van der Waals surface area contributed by atoms with E-state index in [9.17, 15) is 0 Å². The van der Waals surface area contributed by atoms with Crippen LogP contribution in [0.25, 0.3) is 0 Å². The molecule has 3 fully saturated rings. The van der Waals surface area contributed by atoms with Crippen LogP contribution >= 0.6 is 17.0 Å². The zero-order valence-corrected chi connectivity index (χ0v) is 26.0. The Kier molecular flexibility index (Phi) is 12.7. The van der Waals surface area contributed by atoms with Gasteiger partial charge in [-0.1, -0.05) is 108 Å². The third-order valence-corrected chi connectivity index (χ3v) is 16.1. The average Bonchev–Trinajstić information content (AvgIpc) is 3.25. The van der Waals surface area contributed by atoms with Crippen LogP contribution < -0.4 is 5.19 Å². The van der Waals surface area contributed by atoms with Crippen molar-refractivity contribution in [2.24, 2.45) is 35.5 Å². The van der Waals surface area contributed by atoms with E-state index in [0.717, 1.165) is 46.6 Å². The molecule has 1 aromatic carbocycles. The zero-order chi connectivity index (χ0) is 21.2. The predicted octanol–water partition coefficient (Wildman–Crippen LogP) is 9.15. The van der Waals surface area contributed by atoms with Crippen molar-refractivity contribution >= 4 is 30.3 Å². The number of hydrogen-bond donors (Lipinski definition) is 0. The van der Waals surface area contributed by atoms with E-state index in [1.165, 1.54) is 38.5 Å². The molecular weight excluding hydrogens is 515 g/mol. The molecule has 0 radical (unpaired) electrons. The molecule has 0 aliphatic heterocycles. The van der Waals surface area contributed by atoms with Crippen molar-refractivity contribution in [3.8, 4) is 0 Å². The van der Waals surface area contributed by atoms with Crippen LogP contribution in [0.15, 0.2) is 30.3 Å². The van der Waals surface area contributed by atoms with Gasteiger partial charge in [0, 0.05) is 0 Å². The van der Waals surface area contributed by atoms with Crippen LogP contribution in [-0.2, 0) is 20.8 Å². The molecule has 0 spiro atoms. The molecule has 0 heterocycles. The number of fused-ring (bicyclic) bond motifs is 1. The van der Waals surface area contributed by atoms with Gasteiger partial charge in [-0.2, -0.15) is 0 Å². The third kappa shape index (κ3) is 5.77. The van der Waals surface area contributed by atoms with Crippen LogP contribution in [0.5, 0.6) is 0 Å². The number of benzene rings is 1. The summed E-state index contributed by atoms with van der Waals surface area (Å²) in [5, 5.41) is 1.78. The Hall–Kier alpha value is 0.900.